The van der Waals surface area contributed by atoms with Gasteiger partial charge in [-0.05, 0) is 49.9 Å². The van der Waals surface area contributed by atoms with Crippen molar-refractivity contribution in [3.8, 4) is 5.75 Å². The van der Waals surface area contributed by atoms with E-state index >= 15 is 0 Å². The van der Waals surface area contributed by atoms with Crippen LogP contribution in [0.15, 0.2) is 17.0 Å². The van der Waals surface area contributed by atoms with Crippen LogP contribution in [0.5, 0.6) is 5.75 Å². The van der Waals surface area contributed by atoms with Crippen molar-refractivity contribution < 1.29 is 17.9 Å². The molecular formula is C18H28N2O4S. The van der Waals surface area contributed by atoms with Crippen LogP contribution in [-0.2, 0) is 14.8 Å². The maximum absolute atomic E-state index is 13.1. The van der Waals surface area contributed by atoms with Gasteiger partial charge in [0.05, 0.1) is 12.0 Å². The number of hydrogen-bond donors (Lipinski definition) is 0. The van der Waals surface area contributed by atoms with E-state index < -0.39 is 10.0 Å². The van der Waals surface area contributed by atoms with Crippen molar-refractivity contribution in [2.24, 2.45) is 0 Å². The van der Waals surface area contributed by atoms with Crippen molar-refractivity contribution in [3.63, 3.8) is 0 Å². The lowest BCUT2D eigenvalue weighted by atomic mass is 10.1. The first-order valence-corrected chi connectivity index (χ1v) is 10.2. The fraction of sp³-hybridized carbons (Fsp3) is 0.611. The predicted molar refractivity (Wildman–Crippen MR) is 97.3 cm³/mol. The zero-order chi connectivity index (χ0) is 18.6. The van der Waals surface area contributed by atoms with E-state index in [1.54, 1.807) is 31.1 Å². The van der Waals surface area contributed by atoms with Gasteiger partial charge in [-0.25, -0.2) is 8.42 Å². The van der Waals surface area contributed by atoms with E-state index in [-0.39, 0.29) is 5.91 Å². The number of sulfonamides is 1. The first-order chi connectivity index (χ1) is 11.8. The fourth-order valence-electron chi connectivity index (χ4n) is 3.17. The molecule has 1 fully saturated rings. The quantitative estimate of drug-likeness (QED) is 0.800. The SMILES string of the molecule is CCCC(=O)N1CCCN(S(=O)(=O)c2ccc(OC)c(C)c2C)CC1. The molecule has 0 radical (unpaired) electrons. The van der Waals surface area contributed by atoms with Gasteiger partial charge < -0.3 is 9.64 Å². The molecule has 25 heavy (non-hydrogen) atoms. The monoisotopic (exact) mass is 368 g/mol. The van der Waals surface area contributed by atoms with Crippen LogP contribution in [0.1, 0.15) is 37.3 Å². The van der Waals surface area contributed by atoms with E-state index in [1.165, 1.54) is 4.31 Å². The second kappa shape index (κ2) is 8.19. The van der Waals surface area contributed by atoms with E-state index in [2.05, 4.69) is 0 Å². The molecule has 0 spiro atoms. The third-order valence-corrected chi connectivity index (χ3v) is 6.84. The van der Waals surface area contributed by atoms with Crippen molar-refractivity contribution in [3.05, 3.63) is 23.3 Å². The second-order valence-corrected chi connectivity index (χ2v) is 8.31. The molecule has 1 saturated heterocycles. The van der Waals surface area contributed by atoms with E-state index in [4.69, 9.17) is 4.74 Å². The molecule has 0 atom stereocenters. The topological polar surface area (TPSA) is 66.9 Å². The third-order valence-electron chi connectivity index (χ3n) is 4.80. The van der Waals surface area contributed by atoms with Crippen molar-refractivity contribution >= 4 is 15.9 Å². The standard InChI is InChI=1S/C18H28N2O4S/c1-5-7-18(21)19-10-6-11-20(13-12-19)25(22,23)17-9-8-16(24-4)14(2)15(17)3/h8-9H,5-7,10-13H2,1-4H3. The summed E-state index contributed by atoms with van der Waals surface area (Å²) in [6.07, 6.45) is 1.98. The highest BCUT2D eigenvalue weighted by atomic mass is 32.2. The smallest absolute Gasteiger partial charge is 0.243 e. The highest BCUT2D eigenvalue weighted by molar-refractivity contribution is 7.89. The molecule has 1 aromatic carbocycles. The van der Waals surface area contributed by atoms with E-state index in [1.807, 2.05) is 13.8 Å². The third kappa shape index (κ3) is 4.15. The summed E-state index contributed by atoms with van der Waals surface area (Å²) in [6, 6.07) is 3.31. The minimum absolute atomic E-state index is 0.109. The zero-order valence-electron chi connectivity index (χ0n) is 15.5. The van der Waals surface area contributed by atoms with Crippen LogP contribution in [0.25, 0.3) is 0 Å². The van der Waals surface area contributed by atoms with Crippen LogP contribution in [-0.4, -0.2) is 56.8 Å². The van der Waals surface area contributed by atoms with Crippen LogP contribution in [0.3, 0.4) is 0 Å². The minimum Gasteiger partial charge on any atom is -0.496 e. The van der Waals surface area contributed by atoms with Gasteiger partial charge in [-0.3, -0.25) is 4.79 Å². The largest absolute Gasteiger partial charge is 0.496 e. The molecule has 1 aliphatic heterocycles. The Hall–Kier alpha value is -1.60. The van der Waals surface area contributed by atoms with Crippen LogP contribution in [0, 0.1) is 13.8 Å². The van der Waals surface area contributed by atoms with Crippen molar-refractivity contribution in [2.45, 2.75) is 44.9 Å². The second-order valence-electron chi connectivity index (χ2n) is 6.40. The Morgan fingerprint density at radius 1 is 1.12 bits per heavy atom. The van der Waals surface area contributed by atoms with E-state index in [0.717, 1.165) is 12.0 Å². The van der Waals surface area contributed by atoms with Crippen molar-refractivity contribution in [1.82, 2.24) is 9.21 Å². The Bertz CT molecular complexity index is 731. The molecule has 1 aromatic rings. The van der Waals surface area contributed by atoms with Crippen LogP contribution < -0.4 is 4.74 Å². The molecule has 2 rings (SSSR count). The van der Waals surface area contributed by atoms with Crippen molar-refractivity contribution in [2.75, 3.05) is 33.3 Å². The molecule has 0 aromatic heterocycles. The Balaban J connectivity index is 2.23. The number of methoxy groups -OCH3 is 1. The highest BCUT2D eigenvalue weighted by Crippen LogP contribution is 2.29. The Morgan fingerprint density at radius 2 is 1.84 bits per heavy atom. The van der Waals surface area contributed by atoms with Gasteiger partial charge >= 0.3 is 0 Å². The normalized spacial score (nSPS) is 16.6. The van der Waals surface area contributed by atoms with E-state index in [0.29, 0.717) is 55.2 Å². The highest BCUT2D eigenvalue weighted by Gasteiger charge is 2.29. The predicted octanol–water partition coefficient (Wildman–Crippen LogP) is 2.34. The molecule has 1 heterocycles. The number of carbonyl (C=O) groups excluding carboxylic acids is 1. The number of carbonyl (C=O) groups is 1. The maximum Gasteiger partial charge on any atom is 0.243 e. The molecule has 140 valence electrons. The van der Waals surface area contributed by atoms with E-state index in [9.17, 15) is 13.2 Å². The summed E-state index contributed by atoms with van der Waals surface area (Å²) in [5.74, 6) is 0.793. The number of ether oxygens (including phenoxy) is 1. The van der Waals surface area contributed by atoms with Gasteiger partial charge in [0.25, 0.3) is 0 Å². The van der Waals surface area contributed by atoms with Crippen LogP contribution >= 0.6 is 0 Å². The number of rotatable bonds is 5. The average molecular weight is 368 g/mol. The van der Waals surface area contributed by atoms with Gasteiger partial charge in [-0.15, -0.1) is 0 Å². The lowest BCUT2D eigenvalue weighted by Gasteiger charge is -2.23. The van der Waals surface area contributed by atoms with Gasteiger partial charge in [0.1, 0.15) is 5.75 Å². The molecule has 0 N–H and O–H groups in total. The molecule has 0 aliphatic carbocycles. The molecule has 6 nitrogen and oxygen atoms in total. The van der Waals surface area contributed by atoms with Gasteiger partial charge in [-0.1, -0.05) is 6.92 Å². The summed E-state index contributed by atoms with van der Waals surface area (Å²) in [5.41, 5.74) is 1.54. The molecule has 0 unspecified atom stereocenters. The molecule has 1 aliphatic rings. The van der Waals surface area contributed by atoms with Gasteiger partial charge in [-0.2, -0.15) is 4.31 Å². The lowest BCUT2D eigenvalue weighted by Crippen LogP contribution is -2.37. The Labute approximate surface area is 150 Å². The average Bonchev–Trinajstić information content (AvgIpc) is 2.84. The zero-order valence-corrected chi connectivity index (χ0v) is 16.4. The number of nitrogens with zero attached hydrogens (tertiary/aromatic N) is 2. The summed E-state index contributed by atoms with van der Waals surface area (Å²) in [7, 11) is -2.01. The maximum atomic E-state index is 13.1. The summed E-state index contributed by atoms with van der Waals surface area (Å²) in [4.78, 5) is 14.2. The first-order valence-electron chi connectivity index (χ1n) is 8.75. The molecule has 0 saturated carbocycles. The summed E-state index contributed by atoms with van der Waals surface area (Å²) >= 11 is 0. The minimum atomic E-state index is -3.59. The number of hydrogen-bond acceptors (Lipinski definition) is 4. The molecule has 7 heteroatoms. The fourth-order valence-corrected chi connectivity index (χ4v) is 4.92. The number of amides is 1. The summed E-state index contributed by atoms with van der Waals surface area (Å²) < 4.78 is 33.0. The summed E-state index contributed by atoms with van der Waals surface area (Å²) in [6.45, 7) is 7.48. The van der Waals surface area contributed by atoms with Crippen LogP contribution in [0.2, 0.25) is 0 Å². The number of benzene rings is 1. The van der Waals surface area contributed by atoms with Gasteiger partial charge in [0.2, 0.25) is 15.9 Å². The molecule has 1 amide bonds. The lowest BCUT2D eigenvalue weighted by molar-refractivity contribution is -0.131. The van der Waals surface area contributed by atoms with Crippen LogP contribution in [0.4, 0.5) is 0 Å². The Kier molecular flexibility index (Phi) is 6.46. The first kappa shape index (κ1) is 19.7. The summed E-state index contributed by atoms with van der Waals surface area (Å²) in [5, 5.41) is 0. The van der Waals surface area contributed by atoms with Gasteiger partial charge in [0.15, 0.2) is 0 Å². The van der Waals surface area contributed by atoms with Crippen molar-refractivity contribution in [1.29, 1.82) is 0 Å². The molecular weight excluding hydrogens is 340 g/mol. The molecule has 0 bridgehead atoms. The van der Waals surface area contributed by atoms with Gasteiger partial charge in [0, 0.05) is 32.6 Å². The Morgan fingerprint density at radius 3 is 2.48 bits per heavy atom.